The molecule has 12 nitrogen and oxygen atoms in total. The predicted molar refractivity (Wildman–Crippen MR) is 180 cm³/mol. The topological polar surface area (TPSA) is 161 Å². The van der Waals surface area contributed by atoms with E-state index in [0.717, 1.165) is 9.80 Å². The highest BCUT2D eigenvalue weighted by atomic mass is 16.4. The minimum absolute atomic E-state index is 0.00527. The molecule has 0 radical (unpaired) electrons. The zero-order valence-electron chi connectivity index (χ0n) is 25.4. The van der Waals surface area contributed by atoms with Gasteiger partial charge in [0.15, 0.2) is 0 Å². The Morgan fingerprint density at radius 2 is 0.800 bits per heavy atom. The second-order valence-corrected chi connectivity index (χ2v) is 11.6. The lowest BCUT2D eigenvalue weighted by Gasteiger charge is -2.17. The van der Waals surface area contributed by atoms with Gasteiger partial charge in [-0.3, -0.25) is 19.2 Å². The summed E-state index contributed by atoms with van der Waals surface area (Å²) < 4.78 is 10.8. The molecule has 12 heteroatoms. The molecule has 0 saturated heterocycles. The standard InChI is InChI=1S/C38H18N4O8/c43-33-23-15-9-19(31-39-29-7-3-1-5-25(29)37(47)49-31)17-27(23)35(45)41(33)21-11-13-22(14-12-21)42-34(44)24-16-10-20(18-28(24)36(42)46)32-40-30-8-4-2-6-26(30)38(48)50-32/h1-18H. The number of carbonyl (C=O) groups excluding carboxylic acids is 4. The first-order chi connectivity index (χ1) is 24.3. The number of benzene rings is 5. The summed E-state index contributed by atoms with van der Waals surface area (Å²) in [5.41, 5.74) is 1.32. The van der Waals surface area contributed by atoms with Crippen LogP contribution in [0, 0.1) is 0 Å². The number of para-hydroxylation sites is 2. The first-order valence-electron chi connectivity index (χ1n) is 15.2. The Balaban J connectivity index is 0.993. The van der Waals surface area contributed by atoms with E-state index in [9.17, 15) is 28.8 Å². The van der Waals surface area contributed by atoms with E-state index in [1.54, 1.807) is 60.7 Å². The van der Waals surface area contributed by atoms with E-state index >= 15 is 0 Å². The van der Waals surface area contributed by atoms with Gasteiger partial charge in [-0.1, -0.05) is 24.3 Å². The Morgan fingerprint density at radius 1 is 0.420 bits per heavy atom. The molecule has 2 aliphatic rings. The lowest BCUT2D eigenvalue weighted by atomic mass is 10.1. The van der Waals surface area contributed by atoms with E-state index in [1.165, 1.54) is 48.5 Å². The lowest BCUT2D eigenvalue weighted by molar-refractivity contribution is 0.0909. The van der Waals surface area contributed by atoms with Crippen LogP contribution in [0.3, 0.4) is 0 Å². The quantitative estimate of drug-likeness (QED) is 0.217. The molecule has 2 aliphatic heterocycles. The minimum Gasteiger partial charge on any atom is -0.403 e. The highest BCUT2D eigenvalue weighted by Gasteiger charge is 2.39. The van der Waals surface area contributed by atoms with Gasteiger partial charge in [0.1, 0.15) is 0 Å². The summed E-state index contributed by atoms with van der Waals surface area (Å²) in [6.45, 7) is 0. The number of hydrogen-bond acceptors (Lipinski definition) is 10. The van der Waals surface area contributed by atoms with E-state index in [-0.39, 0.29) is 45.4 Å². The van der Waals surface area contributed by atoms with Crippen LogP contribution in [0.4, 0.5) is 11.4 Å². The van der Waals surface area contributed by atoms with Crippen LogP contribution in [0.15, 0.2) is 128 Å². The van der Waals surface area contributed by atoms with Crippen molar-refractivity contribution in [2.45, 2.75) is 0 Å². The number of aromatic nitrogens is 2. The molecule has 0 spiro atoms. The number of fused-ring (bicyclic) bond motifs is 4. The third-order valence-electron chi connectivity index (χ3n) is 8.70. The Kier molecular flexibility index (Phi) is 6.11. The molecular weight excluding hydrogens is 640 g/mol. The van der Waals surface area contributed by atoms with Crippen LogP contribution >= 0.6 is 0 Å². The number of amides is 4. The minimum atomic E-state index is -0.607. The summed E-state index contributed by atoms with van der Waals surface area (Å²) in [5.74, 6) is -2.34. The average molecular weight is 659 g/mol. The molecule has 0 bridgehead atoms. The second-order valence-electron chi connectivity index (χ2n) is 11.6. The second kappa shape index (κ2) is 10.6. The molecule has 5 aromatic carbocycles. The number of anilines is 2. The van der Waals surface area contributed by atoms with Crippen LogP contribution < -0.4 is 21.1 Å². The normalized spacial score (nSPS) is 13.8. The monoisotopic (exact) mass is 658 g/mol. The van der Waals surface area contributed by atoms with Crippen LogP contribution in [0.5, 0.6) is 0 Å². The first kappa shape index (κ1) is 28.8. The van der Waals surface area contributed by atoms with E-state index in [4.69, 9.17) is 8.83 Å². The van der Waals surface area contributed by atoms with Crippen LogP contribution in [-0.4, -0.2) is 33.6 Å². The van der Waals surface area contributed by atoms with Gasteiger partial charge in [0, 0.05) is 11.1 Å². The Morgan fingerprint density at radius 3 is 1.22 bits per heavy atom. The maximum Gasteiger partial charge on any atom is 0.347 e. The summed E-state index contributed by atoms with van der Waals surface area (Å²) in [5, 5.41) is 0.634. The van der Waals surface area contributed by atoms with Crippen molar-refractivity contribution >= 4 is 56.8 Å². The molecule has 4 heterocycles. The molecule has 0 aliphatic carbocycles. The van der Waals surface area contributed by atoms with Crippen molar-refractivity contribution in [2.75, 3.05) is 9.80 Å². The van der Waals surface area contributed by atoms with Crippen molar-refractivity contribution in [3.63, 3.8) is 0 Å². The lowest BCUT2D eigenvalue weighted by Crippen LogP contribution is -2.30. The predicted octanol–water partition coefficient (Wildman–Crippen LogP) is 5.62. The summed E-state index contributed by atoms with van der Waals surface area (Å²) >= 11 is 0. The third kappa shape index (κ3) is 4.25. The average Bonchev–Trinajstić information content (AvgIpc) is 3.54. The van der Waals surface area contributed by atoms with Crippen molar-refractivity contribution in [3.8, 4) is 22.9 Å². The molecule has 0 atom stereocenters. The van der Waals surface area contributed by atoms with Gasteiger partial charge in [-0.05, 0) is 84.9 Å². The van der Waals surface area contributed by atoms with Gasteiger partial charge in [0.25, 0.3) is 23.6 Å². The smallest absolute Gasteiger partial charge is 0.347 e. The molecule has 0 unspecified atom stereocenters. The maximum absolute atomic E-state index is 13.5. The first-order valence-corrected chi connectivity index (χ1v) is 15.2. The Labute approximate surface area is 279 Å². The number of hydrogen-bond donors (Lipinski definition) is 0. The van der Waals surface area contributed by atoms with Gasteiger partial charge in [0.05, 0.1) is 55.4 Å². The maximum atomic E-state index is 13.5. The van der Waals surface area contributed by atoms with Crippen LogP contribution in [0.2, 0.25) is 0 Å². The molecule has 0 fully saturated rings. The van der Waals surface area contributed by atoms with E-state index in [0.29, 0.717) is 32.9 Å². The van der Waals surface area contributed by atoms with Crippen LogP contribution in [-0.2, 0) is 0 Å². The third-order valence-corrected chi connectivity index (χ3v) is 8.70. The van der Waals surface area contributed by atoms with Gasteiger partial charge in [0.2, 0.25) is 11.8 Å². The van der Waals surface area contributed by atoms with Crippen LogP contribution in [0.1, 0.15) is 41.4 Å². The fourth-order valence-electron chi connectivity index (χ4n) is 6.25. The van der Waals surface area contributed by atoms with Crippen molar-refractivity contribution in [2.24, 2.45) is 0 Å². The molecular formula is C38H18N4O8. The molecule has 0 saturated carbocycles. The number of rotatable bonds is 4. The molecule has 9 rings (SSSR count). The van der Waals surface area contributed by atoms with Gasteiger partial charge in [-0.15, -0.1) is 0 Å². The van der Waals surface area contributed by atoms with E-state index < -0.39 is 34.9 Å². The molecule has 238 valence electrons. The van der Waals surface area contributed by atoms with Gasteiger partial charge in [-0.2, -0.15) is 0 Å². The summed E-state index contributed by atoms with van der Waals surface area (Å²) in [6, 6.07) is 28.2. The molecule has 50 heavy (non-hydrogen) atoms. The van der Waals surface area contributed by atoms with Gasteiger partial charge in [-0.25, -0.2) is 29.4 Å². The fraction of sp³-hybridized carbons (Fsp3) is 0. The van der Waals surface area contributed by atoms with Crippen molar-refractivity contribution in [3.05, 3.63) is 152 Å². The summed E-state index contributed by atoms with van der Waals surface area (Å²) in [4.78, 5) is 89.7. The largest absolute Gasteiger partial charge is 0.403 e. The Hall–Kier alpha value is -7.34. The number of nitrogens with zero attached hydrogens (tertiary/aromatic N) is 4. The Bertz CT molecular complexity index is 2610. The summed E-state index contributed by atoms with van der Waals surface area (Å²) in [6.07, 6.45) is 0. The fourth-order valence-corrected chi connectivity index (χ4v) is 6.25. The van der Waals surface area contributed by atoms with Gasteiger partial charge < -0.3 is 8.83 Å². The molecule has 2 aromatic heterocycles. The summed E-state index contributed by atoms with van der Waals surface area (Å²) in [7, 11) is 0. The van der Waals surface area contributed by atoms with E-state index in [2.05, 4.69) is 9.97 Å². The number of imide groups is 2. The number of carbonyl (C=O) groups is 4. The SMILES string of the molecule is O=C1c2ccc(-c3nc4ccccc4c(=O)o3)cc2C(=O)N1c1ccc(N2C(=O)c3ccc(-c4nc5ccccc5c(=O)o4)cc3C2=O)cc1. The highest BCUT2D eigenvalue weighted by Crippen LogP contribution is 2.35. The molecule has 7 aromatic rings. The highest BCUT2D eigenvalue weighted by molar-refractivity contribution is 6.36. The molecule has 0 N–H and O–H groups in total. The zero-order valence-corrected chi connectivity index (χ0v) is 25.4. The van der Waals surface area contributed by atoms with Crippen molar-refractivity contribution in [1.82, 2.24) is 9.97 Å². The molecule has 4 amide bonds. The van der Waals surface area contributed by atoms with Crippen molar-refractivity contribution in [1.29, 1.82) is 0 Å². The van der Waals surface area contributed by atoms with E-state index in [1.807, 2.05) is 0 Å². The zero-order chi connectivity index (χ0) is 34.3. The van der Waals surface area contributed by atoms with Crippen LogP contribution in [0.25, 0.3) is 44.7 Å². The van der Waals surface area contributed by atoms with Crippen molar-refractivity contribution < 1.29 is 28.0 Å². The van der Waals surface area contributed by atoms with Gasteiger partial charge >= 0.3 is 11.3 Å².